The van der Waals surface area contributed by atoms with Crippen LogP contribution in [0.3, 0.4) is 0 Å². The van der Waals surface area contributed by atoms with E-state index in [0.29, 0.717) is 26.9 Å². The number of nitrogens with zero attached hydrogens (tertiary/aromatic N) is 2. The minimum Gasteiger partial charge on any atom is -0.360 e. The Morgan fingerprint density at radius 3 is 2.80 bits per heavy atom. The Labute approximate surface area is 137 Å². The summed E-state index contributed by atoms with van der Waals surface area (Å²) in [5, 5.41) is 14.8. The zero-order chi connectivity index (χ0) is 14.7. The third-order valence-corrected chi connectivity index (χ3v) is 4.88. The Bertz CT molecular complexity index is 649. The highest BCUT2D eigenvalue weighted by molar-refractivity contribution is 9.10. The fourth-order valence-electron chi connectivity index (χ4n) is 1.34. The molecule has 0 radical (unpaired) electrons. The van der Waals surface area contributed by atoms with Crippen molar-refractivity contribution in [1.82, 2.24) is 10.2 Å². The number of nitrogens with one attached hydrogen (secondary N) is 2. The summed E-state index contributed by atoms with van der Waals surface area (Å²) < 4.78 is 0.660. The smallest absolute Gasteiger partial charge is 0.286 e. The van der Waals surface area contributed by atoms with E-state index in [9.17, 15) is 4.79 Å². The van der Waals surface area contributed by atoms with E-state index in [1.165, 1.54) is 11.3 Å². The molecule has 0 saturated carbocycles. The maximum atomic E-state index is 12.0. The van der Waals surface area contributed by atoms with Crippen molar-refractivity contribution in [2.45, 2.75) is 6.92 Å². The Hall–Kier alpha value is -0.890. The minimum atomic E-state index is -0.382. The molecule has 1 amide bonds. The van der Waals surface area contributed by atoms with E-state index in [4.69, 9.17) is 23.2 Å². The molecule has 5 nitrogen and oxygen atoms in total. The van der Waals surface area contributed by atoms with E-state index < -0.39 is 0 Å². The van der Waals surface area contributed by atoms with Crippen molar-refractivity contribution in [2.75, 3.05) is 17.2 Å². The predicted molar refractivity (Wildman–Crippen MR) is 86.2 cm³/mol. The van der Waals surface area contributed by atoms with Gasteiger partial charge in [-0.3, -0.25) is 4.79 Å². The van der Waals surface area contributed by atoms with E-state index in [2.05, 4.69) is 36.8 Å². The fraction of sp³-hybridized carbons (Fsp3) is 0.182. The quantitative estimate of drug-likeness (QED) is 0.757. The van der Waals surface area contributed by atoms with Crippen LogP contribution >= 0.6 is 50.5 Å². The van der Waals surface area contributed by atoms with Crippen LogP contribution in [0.5, 0.6) is 0 Å². The standard InChI is InChI=1S/C11H9BrCl2N4OS/c1-2-15-11-18-17-10(20-11)9(19)16-6-4-3-5(12)7(13)8(6)14/h3-4H,2H2,1H3,(H,15,18)(H,16,19). The number of aromatic nitrogens is 2. The van der Waals surface area contributed by atoms with Gasteiger partial charge in [-0.2, -0.15) is 0 Å². The van der Waals surface area contributed by atoms with Crippen molar-refractivity contribution < 1.29 is 4.79 Å². The molecule has 1 aromatic carbocycles. The molecule has 2 aromatic rings. The van der Waals surface area contributed by atoms with Crippen LogP contribution in [0.4, 0.5) is 10.8 Å². The molecular weight excluding hydrogens is 387 g/mol. The Morgan fingerprint density at radius 2 is 2.10 bits per heavy atom. The van der Waals surface area contributed by atoms with Crippen LogP contribution in [0.2, 0.25) is 10.0 Å². The molecule has 0 spiro atoms. The largest absolute Gasteiger partial charge is 0.360 e. The molecule has 0 bridgehead atoms. The lowest BCUT2D eigenvalue weighted by Gasteiger charge is -2.07. The monoisotopic (exact) mass is 394 g/mol. The second kappa shape index (κ2) is 6.71. The fourth-order valence-corrected chi connectivity index (χ4v) is 2.86. The second-order valence-corrected chi connectivity index (χ2v) is 6.21. The van der Waals surface area contributed by atoms with Crippen molar-refractivity contribution >= 4 is 67.2 Å². The molecule has 1 heterocycles. The number of halogens is 3. The van der Waals surface area contributed by atoms with Crippen LogP contribution in [-0.4, -0.2) is 22.6 Å². The summed E-state index contributed by atoms with van der Waals surface area (Å²) in [6.45, 7) is 2.65. The third-order valence-electron chi connectivity index (χ3n) is 2.23. The van der Waals surface area contributed by atoms with Gasteiger partial charge in [-0.15, -0.1) is 10.2 Å². The van der Waals surface area contributed by atoms with Gasteiger partial charge in [-0.1, -0.05) is 34.5 Å². The molecule has 0 unspecified atom stereocenters. The van der Waals surface area contributed by atoms with Gasteiger partial charge >= 0.3 is 0 Å². The minimum absolute atomic E-state index is 0.246. The first-order chi connectivity index (χ1) is 9.52. The molecule has 2 N–H and O–H groups in total. The Kier molecular flexibility index (Phi) is 5.20. The highest BCUT2D eigenvalue weighted by Crippen LogP contribution is 2.36. The summed E-state index contributed by atoms with van der Waals surface area (Å²) in [5.74, 6) is -0.382. The summed E-state index contributed by atoms with van der Waals surface area (Å²) in [6.07, 6.45) is 0. The molecule has 0 aliphatic heterocycles. The van der Waals surface area contributed by atoms with Gasteiger partial charge in [0.2, 0.25) is 10.1 Å². The maximum Gasteiger partial charge on any atom is 0.286 e. The first-order valence-electron chi connectivity index (χ1n) is 5.55. The number of hydrogen-bond donors (Lipinski definition) is 2. The van der Waals surface area contributed by atoms with E-state index in [1.807, 2.05) is 6.92 Å². The molecule has 2 rings (SSSR count). The first kappa shape index (κ1) is 15.5. The normalized spacial score (nSPS) is 10.4. The lowest BCUT2D eigenvalue weighted by molar-refractivity contribution is 0.102. The van der Waals surface area contributed by atoms with Gasteiger partial charge in [0.15, 0.2) is 0 Å². The molecule has 20 heavy (non-hydrogen) atoms. The average molecular weight is 396 g/mol. The van der Waals surface area contributed by atoms with Crippen LogP contribution < -0.4 is 10.6 Å². The molecule has 0 fully saturated rings. The summed E-state index contributed by atoms with van der Waals surface area (Å²) in [5.41, 5.74) is 0.421. The zero-order valence-corrected chi connectivity index (χ0v) is 14.1. The third kappa shape index (κ3) is 3.41. The van der Waals surface area contributed by atoms with Gasteiger partial charge in [-0.05, 0) is 35.0 Å². The summed E-state index contributed by atoms with van der Waals surface area (Å²) in [6, 6.07) is 3.36. The number of carbonyl (C=O) groups is 1. The molecule has 0 aliphatic rings. The highest BCUT2D eigenvalue weighted by Gasteiger charge is 2.16. The van der Waals surface area contributed by atoms with Crippen LogP contribution in [0, 0.1) is 0 Å². The van der Waals surface area contributed by atoms with Gasteiger partial charge in [0, 0.05) is 11.0 Å². The lowest BCUT2D eigenvalue weighted by Crippen LogP contribution is -2.12. The van der Waals surface area contributed by atoms with Gasteiger partial charge in [0.25, 0.3) is 5.91 Å². The van der Waals surface area contributed by atoms with Crippen LogP contribution in [0.1, 0.15) is 16.7 Å². The molecule has 0 atom stereocenters. The number of hydrogen-bond acceptors (Lipinski definition) is 5. The van der Waals surface area contributed by atoms with Gasteiger partial charge in [0.1, 0.15) is 0 Å². The second-order valence-electron chi connectivity index (χ2n) is 3.62. The van der Waals surface area contributed by atoms with Crippen molar-refractivity contribution in [3.8, 4) is 0 Å². The Balaban J connectivity index is 2.17. The van der Waals surface area contributed by atoms with Gasteiger partial charge in [0.05, 0.1) is 15.7 Å². The summed E-state index contributed by atoms with van der Waals surface area (Å²) in [7, 11) is 0. The van der Waals surface area contributed by atoms with Crippen molar-refractivity contribution in [1.29, 1.82) is 0 Å². The first-order valence-corrected chi connectivity index (χ1v) is 7.91. The van der Waals surface area contributed by atoms with E-state index in [-0.39, 0.29) is 15.9 Å². The topological polar surface area (TPSA) is 66.9 Å². The predicted octanol–water partition coefficient (Wildman–Crippen LogP) is 4.29. The van der Waals surface area contributed by atoms with E-state index in [1.54, 1.807) is 12.1 Å². The summed E-state index contributed by atoms with van der Waals surface area (Å²) in [4.78, 5) is 12.0. The highest BCUT2D eigenvalue weighted by atomic mass is 79.9. The number of benzene rings is 1. The van der Waals surface area contributed by atoms with E-state index >= 15 is 0 Å². The Morgan fingerprint density at radius 1 is 1.35 bits per heavy atom. The molecular formula is C11H9BrCl2N4OS. The molecule has 0 aliphatic carbocycles. The molecule has 106 valence electrons. The number of rotatable bonds is 4. The van der Waals surface area contributed by atoms with Crippen molar-refractivity contribution in [3.63, 3.8) is 0 Å². The summed E-state index contributed by atoms with van der Waals surface area (Å²) >= 11 is 16.5. The average Bonchev–Trinajstić information content (AvgIpc) is 2.88. The van der Waals surface area contributed by atoms with Crippen molar-refractivity contribution in [3.05, 3.63) is 31.7 Å². The molecule has 0 saturated heterocycles. The lowest BCUT2D eigenvalue weighted by atomic mass is 10.3. The van der Waals surface area contributed by atoms with Gasteiger partial charge < -0.3 is 10.6 Å². The van der Waals surface area contributed by atoms with Crippen LogP contribution in [0.25, 0.3) is 0 Å². The molecule has 9 heteroatoms. The van der Waals surface area contributed by atoms with Crippen LogP contribution in [-0.2, 0) is 0 Å². The number of anilines is 2. The number of carbonyl (C=O) groups excluding carboxylic acids is 1. The SMILES string of the molecule is CCNc1nnc(C(=O)Nc2ccc(Br)c(Cl)c2Cl)s1. The zero-order valence-electron chi connectivity index (χ0n) is 10.2. The number of amides is 1. The molecule has 1 aromatic heterocycles. The van der Waals surface area contributed by atoms with Gasteiger partial charge in [-0.25, -0.2) is 0 Å². The van der Waals surface area contributed by atoms with Crippen LogP contribution in [0.15, 0.2) is 16.6 Å². The van der Waals surface area contributed by atoms with E-state index in [0.717, 1.165) is 0 Å². The van der Waals surface area contributed by atoms with Crippen molar-refractivity contribution in [2.24, 2.45) is 0 Å². The maximum absolute atomic E-state index is 12.0.